The van der Waals surface area contributed by atoms with Crippen molar-refractivity contribution in [2.45, 2.75) is 17.5 Å². The number of hydrogen-bond donors (Lipinski definition) is 0. The molecule has 0 saturated heterocycles. The van der Waals surface area contributed by atoms with E-state index >= 15 is 0 Å². The maximum atomic E-state index is 14.1. The molecule has 0 aliphatic rings. The molecule has 28 heavy (non-hydrogen) atoms. The average Bonchev–Trinajstić information content (AvgIpc) is 3.11. The fraction of sp³-hybridized carbons (Fsp3) is 0.0952. The molecule has 0 saturated carbocycles. The Morgan fingerprint density at radius 2 is 1.71 bits per heavy atom. The molecule has 0 spiro atoms. The largest absolute Gasteiger partial charge is 0.298 e. The zero-order valence-corrected chi connectivity index (χ0v) is 16.4. The number of aromatic nitrogens is 4. The van der Waals surface area contributed by atoms with Gasteiger partial charge in [0.2, 0.25) is 0 Å². The normalized spacial score (nSPS) is 10.9. The van der Waals surface area contributed by atoms with Crippen molar-refractivity contribution in [2.24, 2.45) is 0 Å². The summed E-state index contributed by atoms with van der Waals surface area (Å²) in [6, 6.07) is 18.6. The zero-order chi connectivity index (χ0) is 19.3. The van der Waals surface area contributed by atoms with Crippen LogP contribution in [0.1, 0.15) is 11.1 Å². The summed E-state index contributed by atoms with van der Waals surface area (Å²) >= 11 is 7.58. The van der Waals surface area contributed by atoms with E-state index in [1.54, 1.807) is 24.5 Å². The number of thioether (sulfide) groups is 1. The first kappa shape index (κ1) is 18.7. The van der Waals surface area contributed by atoms with E-state index < -0.39 is 0 Å². The molecular weight excluding hydrogens is 395 g/mol. The maximum Gasteiger partial charge on any atom is 0.192 e. The van der Waals surface area contributed by atoms with Gasteiger partial charge in [-0.05, 0) is 29.8 Å². The predicted octanol–water partition coefficient (Wildman–Crippen LogP) is 5.47. The second-order valence-electron chi connectivity index (χ2n) is 6.10. The molecule has 2 heterocycles. The molecule has 0 N–H and O–H groups in total. The minimum Gasteiger partial charge on any atom is -0.298 e. The Kier molecular flexibility index (Phi) is 5.69. The number of nitrogens with zero attached hydrogens (tertiary/aromatic N) is 4. The van der Waals surface area contributed by atoms with Crippen LogP contribution in [0, 0.1) is 5.82 Å². The van der Waals surface area contributed by atoms with Gasteiger partial charge in [0.05, 0.1) is 6.54 Å². The lowest BCUT2D eigenvalue weighted by Gasteiger charge is -2.11. The quantitative estimate of drug-likeness (QED) is 0.395. The minimum atomic E-state index is -0.316. The maximum absolute atomic E-state index is 14.1. The van der Waals surface area contributed by atoms with Gasteiger partial charge < -0.3 is 0 Å². The predicted molar refractivity (Wildman–Crippen MR) is 110 cm³/mol. The van der Waals surface area contributed by atoms with E-state index in [0.29, 0.717) is 28.0 Å². The summed E-state index contributed by atoms with van der Waals surface area (Å²) in [4.78, 5) is 4.07. The van der Waals surface area contributed by atoms with E-state index in [-0.39, 0.29) is 5.82 Å². The van der Waals surface area contributed by atoms with Crippen molar-refractivity contribution in [3.05, 3.63) is 95.0 Å². The summed E-state index contributed by atoms with van der Waals surface area (Å²) in [5.74, 6) is 0.797. The number of rotatable bonds is 6. The van der Waals surface area contributed by atoms with Gasteiger partial charge in [-0.2, -0.15) is 0 Å². The highest BCUT2D eigenvalue weighted by Crippen LogP contribution is 2.30. The third-order valence-corrected chi connectivity index (χ3v) is 5.59. The van der Waals surface area contributed by atoms with E-state index in [1.165, 1.54) is 17.8 Å². The number of benzene rings is 2. The lowest BCUT2D eigenvalue weighted by atomic mass is 10.2. The van der Waals surface area contributed by atoms with Gasteiger partial charge in [-0.3, -0.25) is 9.55 Å². The van der Waals surface area contributed by atoms with Gasteiger partial charge in [-0.15, -0.1) is 10.2 Å². The molecule has 7 heteroatoms. The molecule has 0 aliphatic carbocycles. The Hall–Kier alpha value is -2.70. The van der Waals surface area contributed by atoms with Gasteiger partial charge >= 0.3 is 0 Å². The lowest BCUT2D eigenvalue weighted by molar-refractivity contribution is 0.617. The Labute approximate surface area is 171 Å². The van der Waals surface area contributed by atoms with Crippen molar-refractivity contribution < 1.29 is 4.39 Å². The lowest BCUT2D eigenvalue weighted by Crippen LogP contribution is -2.04. The smallest absolute Gasteiger partial charge is 0.192 e. The highest BCUT2D eigenvalue weighted by molar-refractivity contribution is 7.98. The zero-order valence-electron chi connectivity index (χ0n) is 14.8. The molecule has 0 atom stereocenters. The van der Waals surface area contributed by atoms with Gasteiger partial charge in [0, 0.05) is 34.3 Å². The Morgan fingerprint density at radius 3 is 2.46 bits per heavy atom. The Morgan fingerprint density at radius 1 is 0.929 bits per heavy atom. The van der Waals surface area contributed by atoms with Crippen molar-refractivity contribution in [3.63, 3.8) is 0 Å². The fourth-order valence-electron chi connectivity index (χ4n) is 2.83. The summed E-state index contributed by atoms with van der Waals surface area (Å²) in [5, 5.41) is 9.85. The number of hydrogen-bond acceptors (Lipinski definition) is 4. The number of halogens is 2. The van der Waals surface area contributed by atoms with Crippen LogP contribution in [0.3, 0.4) is 0 Å². The van der Waals surface area contributed by atoms with Crippen LogP contribution in [-0.2, 0) is 12.3 Å². The van der Waals surface area contributed by atoms with Crippen molar-refractivity contribution in [2.75, 3.05) is 0 Å². The van der Waals surface area contributed by atoms with E-state index in [2.05, 4.69) is 27.3 Å². The monoisotopic (exact) mass is 410 g/mol. The summed E-state index contributed by atoms with van der Waals surface area (Å²) < 4.78 is 16.2. The van der Waals surface area contributed by atoms with E-state index in [1.807, 2.05) is 34.9 Å². The van der Waals surface area contributed by atoms with Crippen molar-refractivity contribution in [3.8, 4) is 11.4 Å². The third-order valence-electron chi connectivity index (χ3n) is 4.25. The molecule has 0 radical (unpaired) electrons. The highest BCUT2D eigenvalue weighted by atomic mass is 35.5. The molecule has 0 aliphatic heterocycles. The first-order valence-corrected chi connectivity index (χ1v) is 10.0. The standard InChI is InChI=1S/C21H16ClFN4S/c22-18-7-4-8-19(23)17(18)14-28-21-26-25-20(16-9-11-24-12-10-16)27(21)13-15-5-2-1-3-6-15/h1-12H,13-14H2. The molecule has 0 amide bonds. The number of pyridine rings is 1. The van der Waals surface area contributed by atoms with Gasteiger partial charge in [-0.25, -0.2) is 4.39 Å². The van der Waals surface area contributed by atoms with Crippen LogP contribution in [0.4, 0.5) is 4.39 Å². The summed E-state index contributed by atoms with van der Waals surface area (Å²) in [6.45, 7) is 0.610. The topological polar surface area (TPSA) is 43.6 Å². The van der Waals surface area contributed by atoms with Crippen LogP contribution < -0.4 is 0 Å². The molecule has 140 valence electrons. The van der Waals surface area contributed by atoms with Gasteiger partial charge in [0.25, 0.3) is 0 Å². The van der Waals surface area contributed by atoms with Crippen LogP contribution in [0.5, 0.6) is 0 Å². The Bertz CT molecular complexity index is 1050. The summed E-state index contributed by atoms with van der Waals surface area (Å²) in [5.41, 5.74) is 2.52. The molecule has 2 aromatic carbocycles. The van der Waals surface area contributed by atoms with Crippen LogP contribution >= 0.6 is 23.4 Å². The third kappa shape index (κ3) is 4.08. The molecule has 0 bridgehead atoms. The van der Waals surface area contributed by atoms with Crippen molar-refractivity contribution >= 4 is 23.4 Å². The van der Waals surface area contributed by atoms with Crippen molar-refractivity contribution in [1.29, 1.82) is 0 Å². The van der Waals surface area contributed by atoms with Crippen LogP contribution in [-0.4, -0.2) is 19.7 Å². The second-order valence-corrected chi connectivity index (χ2v) is 7.45. The summed E-state index contributed by atoms with van der Waals surface area (Å²) in [6.07, 6.45) is 3.45. The van der Waals surface area contributed by atoms with E-state index in [9.17, 15) is 4.39 Å². The average molecular weight is 411 g/mol. The van der Waals surface area contributed by atoms with Crippen molar-refractivity contribution in [1.82, 2.24) is 19.7 Å². The molecule has 0 fully saturated rings. The highest BCUT2D eigenvalue weighted by Gasteiger charge is 2.16. The van der Waals surface area contributed by atoms with Gasteiger partial charge in [0.1, 0.15) is 5.82 Å². The fourth-order valence-corrected chi connectivity index (χ4v) is 4.11. The van der Waals surface area contributed by atoms with E-state index in [0.717, 1.165) is 17.0 Å². The molecule has 0 unspecified atom stereocenters. The molecule has 2 aromatic heterocycles. The van der Waals surface area contributed by atoms with Crippen LogP contribution in [0.25, 0.3) is 11.4 Å². The SMILES string of the molecule is Fc1cccc(Cl)c1CSc1nnc(-c2ccncc2)n1Cc1ccccc1. The molecule has 4 aromatic rings. The first-order chi connectivity index (χ1) is 13.7. The van der Waals surface area contributed by atoms with Crippen LogP contribution in [0.2, 0.25) is 5.02 Å². The minimum absolute atomic E-state index is 0.316. The molecular formula is C21H16ClFN4S. The van der Waals surface area contributed by atoms with Gasteiger partial charge in [-0.1, -0.05) is 59.8 Å². The van der Waals surface area contributed by atoms with E-state index in [4.69, 9.17) is 11.6 Å². The Balaban J connectivity index is 1.68. The first-order valence-electron chi connectivity index (χ1n) is 8.65. The van der Waals surface area contributed by atoms with Gasteiger partial charge in [0.15, 0.2) is 11.0 Å². The molecule has 4 rings (SSSR count). The van der Waals surface area contributed by atoms with Crippen LogP contribution in [0.15, 0.2) is 78.2 Å². The second kappa shape index (κ2) is 8.54. The molecule has 4 nitrogen and oxygen atoms in total. The summed E-state index contributed by atoms with van der Waals surface area (Å²) in [7, 11) is 0.